The molecule has 1 aromatic carbocycles. The molecular weight excluding hydrogens is 422 g/mol. The molecule has 11 heteroatoms. The largest absolute Gasteiger partial charge is 0.469 e. The summed E-state index contributed by atoms with van der Waals surface area (Å²) in [6.45, 7) is 2.96. The molecule has 1 N–H and O–H groups in total. The van der Waals surface area contributed by atoms with E-state index < -0.39 is 14.8 Å². The highest BCUT2D eigenvalue weighted by atomic mass is 32.2. The summed E-state index contributed by atoms with van der Waals surface area (Å²) in [6.07, 6.45) is 6.42. The average molecular weight is 448 g/mol. The number of anilines is 2. The summed E-state index contributed by atoms with van der Waals surface area (Å²) in [4.78, 5) is 21.8. The number of nitrogens with zero attached hydrogens (tertiary/aromatic N) is 4. The summed E-state index contributed by atoms with van der Waals surface area (Å²) >= 11 is 0. The SMILES string of the molecule is CS(=O)(=O)c1ccc(Nc2ncnc(OC3CCN(CC4CC4)CC3)c2[N+](=O)[O-])cc1. The van der Waals surface area contributed by atoms with Crippen molar-refractivity contribution in [1.82, 2.24) is 14.9 Å². The lowest BCUT2D eigenvalue weighted by Crippen LogP contribution is -2.39. The second kappa shape index (κ2) is 8.75. The number of sulfone groups is 1. The Labute approximate surface area is 180 Å². The van der Waals surface area contributed by atoms with Crippen LogP contribution < -0.4 is 10.1 Å². The third kappa shape index (κ3) is 5.47. The summed E-state index contributed by atoms with van der Waals surface area (Å²) in [5, 5.41) is 14.6. The van der Waals surface area contributed by atoms with E-state index in [0.717, 1.165) is 44.6 Å². The van der Waals surface area contributed by atoms with E-state index in [-0.39, 0.29) is 28.4 Å². The van der Waals surface area contributed by atoms with Crippen molar-refractivity contribution >= 4 is 27.0 Å². The molecule has 1 aliphatic carbocycles. The Kier molecular flexibility index (Phi) is 6.05. The Morgan fingerprint density at radius 1 is 1.16 bits per heavy atom. The molecule has 0 amide bonds. The molecule has 4 rings (SSSR count). The minimum absolute atomic E-state index is 0.00623. The minimum atomic E-state index is -3.33. The van der Waals surface area contributed by atoms with Crippen LogP contribution in [0.15, 0.2) is 35.5 Å². The standard InChI is InChI=1S/C20H25N5O5S/c1-31(28,29)17-6-4-15(5-7-17)23-19-18(25(26)27)20(22-13-21-19)30-16-8-10-24(11-9-16)12-14-2-3-14/h4-7,13-14,16H,2-3,8-12H2,1H3,(H,21,22,23). The van der Waals surface area contributed by atoms with Crippen molar-refractivity contribution < 1.29 is 18.1 Å². The van der Waals surface area contributed by atoms with E-state index in [1.165, 1.54) is 43.4 Å². The van der Waals surface area contributed by atoms with Crippen LogP contribution in [0.4, 0.5) is 17.2 Å². The van der Waals surface area contributed by atoms with Crippen molar-refractivity contribution in [2.24, 2.45) is 5.92 Å². The molecule has 1 saturated carbocycles. The molecular formula is C20H25N5O5S. The smallest absolute Gasteiger partial charge is 0.373 e. The Balaban J connectivity index is 1.47. The van der Waals surface area contributed by atoms with Crippen LogP contribution in [-0.4, -0.2) is 60.2 Å². The van der Waals surface area contributed by atoms with E-state index in [0.29, 0.717) is 5.69 Å². The van der Waals surface area contributed by atoms with Crippen LogP contribution in [0.3, 0.4) is 0 Å². The molecule has 2 heterocycles. The van der Waals surface area contributed by atoms with E-state index in [1.807, 2.05) is 0 Å². The molecule has 0 spiro atoms. The average Bonchev–Trinajstić information content (AvgIpc) is 3.53. The van der Waals surface area contributed by atoms with Gasteiger partial charge in [-0.2, -0.15) is 4.98 Å². The second-order valence-corrected chi connectivity index (χ2v) is 10.1. The minimum Gasteiger partial charge on any atom is -0.469 e. The first-order valence-electron chi connectivity index (χ1n) is 10.2. The maximum absolute atomic E-state index is 11.8. The van der Waals surface area contributed by atoms with Gasteiger partial charge >= 0.3 is 5.69 Å². The fourth-order valence-electron chi connectivity index (χ4n) is 3.66. The fourth-order valence-corrected chi connectivity index (χ4v) is 4.29. The van der Waals surface area contributed by atoms with Crippen molar-refractivity contribution in [3.63, 3.8) is 0 Å². The zero-order valence-corrected chi connectivity index (χ0v) is 18.0. The zero-order valence-electron chi connectivity index (χ0n) is 17.2. The molecule has 1 aromatic heterocycles. The third-order valence-corrected chi connectivity index (χ3v) is 6.67. The van der Waals surface area contributed by atoms with E-state index in [4.69, 9.17) is 4.74 Å². The summed E-state index contributed by atoms with van der Waals surface area (Å²) in [6, 6.07) is 5.91. The Morgan fingerprint density at radius 2 is 1.84 bits per heavy atom. The van der Waals surface area contributed by atoms with Gasteiger partial charge in [0.15, 0.2) is 9.84 Å². The van der Waals surface area contributed by atoms with Crippen molar-refractivity contribution in [1.29, 1.82) is 0 Å². The van der Waals surface area contributed by atoms with E-state index in [9.17, 15) is 18.5 Å². The van der Waals surface area contributed by atoms with Crippen LogP contribution in [0.5, 0.6) is 5.88 Å². The summed E-state index contributed by atoms with van der Waals surface area (Å²) in [5.74, 6) is 0.768. The normalized spacial score (nSPS) is 18.0. The first kappa shape index (κ1) is 21.4. The molecule has 1 aliphatic heterocycles. The van der Waals surface area contributed by atoms with Gasteiger partial charge in [0.2, 0.25) is 5.82 Å². The third-order valence-electron chi connectivity index (χ3n) is 5.54. The number of hydrogen-bond acceptors (Lipinski definition) is 9. The van der Waals surface area contributed by atoms with Crippen LogP contribution in [0.1, 0.15) is 25.7 Å². The topological polar surface area (TPSA) is 128 Å². The van der Waals surface area contributed by atoms with Gasteiger partial charge < -0.3 is 15.0 Å². The zero-order chi connectivity index (χ0) is 22.0. The molecule has 0 radical (unpaired) electrons. The molecule has 31 heavy (non-hydrogen) atoms. The van der Waals surface area contributed by atoms with Gasteiger partial charge in [-0.15, -0.1) is 0 Å². The quantitative estimate of drug-likeness (QED) is 0.480. The molecule has 0 bridgehead atoms. The van der Waals surface area contributed by atoms with Gasteiger partial charge in [-0.3, -0.25) is 10.1 Å². The van der Waals surface area contributed by atoms with Crippen LogP contribution in [0.25, 0.3) is 0 Å². The fraction of sp³-hybridized carbons (Fsp3) is 0.500. The van der Waals surface area contributed by atoms with Crippen molar-refractivity contribution in [3.05, 3.63) is 40.7 Å². The lowest BCUT2D eigenvalue weighted by molar-refractivity contribution is -0.385. The predicted octanol–water partition coefficient (Wildman–Crippen LogP) is 2.79. The molecule has 166 valence electrons. The summed E-state index contributed by atoms with van der Waals surface area (Å²) in [5.41, 5.74) is 0.128. The molecule has 2 aromatic rings. The molecule has 2 fully saturated rings. The number of nitrogens with one attached hydrogen (secondary N) is 1. The number of piperidine rings is 1. The number of rotatable bonds is 8. The Morgan fingerprint density at radius 3 is 2.42 bits per heavy atom. The van der Waals surface area contributed by atoms with Crippen molar-refractivity contribution in [3.8, 4) is 5.88 Å². The molecule has 0 unspecified atom stereocenters. The van der Waals surface area contributed by atoms with E-state index >= 15 is 0 Å². The number of hydrogen-bond donors (Lipinski definition) is 1. The van der Waals surface area contributed by atoms with Gasteiger partial charge in [0.1, 0.15) is 12.4 Å². The molecule has 0 atom stereocenters. The van der Waals surface area contributed by atoms with Gasteiger partial charge in [-0.25, -0.2) is 13.4 Å². The lowest BCUT2D eigenvalue weighted by Gasteiger charge is -2.31. The number of likely N-dealkylation sites (tertiary alicyclic amines) is 1. The second-order valence-electron chi connectivity index (χ2n) is 8.12. The van der Waals surface area contributed by atoms with Crippen LogP contribution >= 0.6 is 0 Å². The van der Waals surface area contributed by atoms with Gasteiger partial charge in [0.25, 0.3) is 5.88 Å². The highest BCUT2D eigenvalue weighted by Gasteiger charge is 2.30. The number of nitro groups is 1. The maximum atomic E-state index is 11.8. The van der Waals surface area contributed by atoms with E-state index in [2.05, 4.69) is 20.2 Å². The molecule has 10 nitrogen and oxygen atoms in total. The molecule has 2 aliphatic rings. The maximum Gasteiger partial charge on any atom is 0.373 e. The van der Waals surface area contributed by atoms with Crippen molar-refractivity contribution in [2.45, 2.75) is 36.7 Å². The van der Waals surface area contributed by atoms with Gasteiger partial charge in [-0.1, -0.05) is 0 Å². The Bertz CT molecular complexity index is 1050. The number of benzene rings is 1. The number of aromatic nitrogens is 2. The first-order valence-corrected chi connectivity index (χ1v) is 12.1. The van der Waals surface area contributed by atoms with Crippen LogP contribution in [-0.2, 0) is 9.84 Å². The highest BCUT2D eigenvalue weighted by molar-refractivity contribution is 7.90. The van der Waals surface area contributed by atoms with Gasteiger partial charge in [0, 0.05) is 31.6 Å². The van der Waals surface area contributed by atoms with Crippen LogP contribution in [0, 0.1) is 16.0 Å². The number of ether oxygens (including phenoxy) is 1. The lowest BCUT2D eigenvalue weighted by atomic mass is 10.1. The van der Waals surface area contributed by atoms with Gasteiger partial charge in [-0.05, 0) is 55.9 Å². The highest BCUT2D eigenvalue weighted by Crippen LogP contribution is 2.35. The molecule has 1 saturated heterocycles. The first-order chi connectivity index (χ1) is 14.8. The van der Waals surface area contributed by atoms with Crippen molar-refractivity contribution in [2.75, 3.05) is 31.2 Å². The monoisotopic (exact) mass is 447 g/mol. The van der Waals surface area contributed by atoms with Crippen LogP contribution in [0.2, 0.25) is 0 Å². The Hall–Kier alpha value is -2.79. The van der Waals surface area contributed by atoms with Gasteiger partial charge in [0.05, 0.1) is 9.82 Å². The predicted molar refractivity (Wildman–Crippen MR) is 114 cm³/mol. The summed E-state index contributed by atoms with van der Waals surface area (Å²) in [7, 11) is -3.33. The summed E-state index contributed by atoms with van der Waals surface area (Å²) < 4.78 is 29.1. The van der Waals surface area contributed by atoms with E-state index in [1.54, 1.807) is 0 Å².